The van der Waals surface area contributed by atoms with Crippen LogP contribution < -0.4 is 10.5 Å². The van der Waals surface area contributed by atoms with Crippen LogP contribution in [0.4, 0.5) is 19.0 Å². The average molecular weight is 255 g/mol. The molecule has 18 heavy (non-hydrogen) atoms. The highest BCUT2D eigenvalue weighted by molar-refractivity contribution is 5.32. The van der Waals surface area contributed by atoms with Crippen LogP contribution in [-0.2, 0) is 6.18 Å². The van der Waals surface area contributed by atoms with Crippen LogP contribution in [0.25, 0.3) is 0 Å². The highest BCUT2D eigenvalue weighted by atomic mass is 19.4. The van der Waals surface area contributed by atoms with Gasteiger partial charge in [-0.2, -0.15) is 18.2 Å². The van der Waals surface area contributed by atoms with Crippen molar-refractivity contribution in [3.63, 3.8) is 0 Å². The van der Waals surface area contributed by atoms with Crippen molar-refractivity contribution in [1.29, 1.82) is 0 Å². The third kappa shape index (κ3) is 2.88. The molecular weight excluding hydrogens is 247 g/mol. The molecule has 0 bridgehead atoms. The Bertz CT molecular complexity index is 540. The number of hydrogen-bond acceptors (Lipinski definition) is 4. The Morgan fingerprint density at radius 1 is 1.06 bits per heavy atom. The van der Waals surface area contributed by atoms with Crippen LogP contribution >= 0.6 is 0 Å². The maximum Gasteiger partial charge on any atom is 0.416 e. The van der Waals surface area contributed by atoms with E-state index in [1.54, 1.807) is 0 Å². The summed E-state index contributed by atoms with van der Waals surface area (Å²) in [4.78, 5) is 7.53. The summed E-state index contributed by atoms with van der Waals surface area (Å²) in [5.74, 6) is 0.417. The molecule has 0 saturated heterocycles. The zero-order valence-electron chi connectivity index (χ0n) is 8.98. The molecule has 0 radical (unpaired) electrons. The van der Waals surface area contributed by atoms with E-state index in [0.717, 1.165) is 12.1 Å². The Balaban J connectivity index is 2.16. The minimum absolute atomic E-state index is 0.0187. The fourth-order valence-electron chi connectivity index (χ4n) is 1.22. The summed E-state index contributed by atoms with van der Waals surface area (Å²) in [7, 11) is 0. The van der Waals surface area contributed by atoms with Gasteiger partial charge in [0.1, 0.15) is 11.6 Å². The molecule has 1 aromatic heterocycles. The van der Waals surface area contributed by atoms with Gasteiger partial charge in [0.05, 0.1) is 5.56 Å². The molecule has 0 spiro atoms. The molecule has 2 N–H and O–H groups in total. The number of nitrogen functional groups attached to an aromatic ring is 1. The molecule has 7 heteroatoms. The van der Waals surface area contributed by atoms with E-state index in [4.69, 9.17) is 10.5 Å². The van der Waals surface area contributed by atoms with Gasteiger partial charge < -0.3 is 10.5 Å². The van der Waals surface area contributed by atoms with Gasteiger partial charge in [-0.1, -0.05) is 0 Å². The van der Waals surface area contributed by atoms with E-state index in [-0.39, 0.29) is 17.6 Å². The monoisotopic (exact) mass is 255 g/mol. The molecule has 0 aliphatic rings. The molecule has 0 atom stereocenters. The molecule has 0 unspecified atom stereocenters. The maximum atomic E-state index is 12.3. The van der Waals surface area contributed by atoms with Crippen molar-refractivity contribution >= 4 is 5.82 Å². The molecule has 0 amide bonds. The van der Waals surface area contributed by atoms with E-state index in [0.29, 0.717) is 0 Å². The van der Waals surface area contributed by atoms with E-state index in [1.165, 1.54) is 24.4 Å². The molecule has 94 valence electrons. The standard InChI is InChI=1S/C11H8F3N3O/c12-11(13,14)7-1-3-8(4-2-7)18-10-16-6-5-9(15)17-10/h1-6H,(H2,15,16,17). The normalized spacial score (nSPS) is 11.3. The second kappa shape index (κ2) is 4.52. The SMILES string of the molecule is Nc1ccnc(Oc2ccc(C(F)(F)F)cc2)n1. The number of ether oxygens (including phenoxy) is 1. The van der Waals surface area contributed by atoms with Crippen LogP contribution in [0.15, 0.2) is 36.5 Å². The molecular formula is C11H8F3N3O. The number of hydrogen-bond donors (Lipinski definition) is 1. The molecule has 2 rings (SSSR count). The molecule has 0 aliphatic heterocycles. The highest BCUT2D eigenvalue weighted by Gasteiger charge is 2.30. The van der Waals surface area contributed by atoms with Gasteiger partial charge in [0.2, 0.25) is 0 Å². The Morgan fingerprint density at radius 3 is 2.28 bits per heavy atom. The van der Waals surface area contributed by atoms with Crippen molar-refractivity contribution in [2.45, 2.75) is 6.18 Å². The quantitative estimate of drug-likeness (QED) is 0.896. The van der Waals surface area contributed by atoms with Crippen LogP contribution in [-0.4, -0.2) is 9.97 Å². The highest BCUT2D eigenvalue weighted by Crippen LogP contribution is 2.30. The minimum Gasteiger partial charge on any atom is -0.424 e. The molecule has 1 heterocycles. The Hall–Kier alpha value is -2.31. The lowest BCUT2D eigenvalue weighted by Crippen LogP contribution is -2.04. The molecule has 0 saturated carbocycles. The summed E-state index contributed by atoms with van der Waals surface area (Å²) in [6.45, 7) is 0. The van der Waals surface area contributed by atoms with Gasteiger partial charge >= 0.3 is 12.2 Å². The molecule has 0 aliphatic carbocycles. The number of nitrogens with zero attached hydrogens (tertiary/aromatic N) is 2. The lowest BCUT2D eigenvalue weighted by molar-refractivity contribution is -0.137. The molecule has 2 aromatic rings. The third-order valence-corrected chi connectivity index (χ3v) is 2.05. The van der Waals surface area contributed by atoms with E-state index in [9.17, 15) is 13.2 Å². The first-order chi connectivity index (χ1) is 8.45. The van der Waals surface area contributed by atoms with Crippen LogP contribution in [0.3, 0.4) is 0 Å². The van der Waals surface area contributed by atoms with Crippen molar-refractivity contribution in [2.75, 3.05) is 5.73 Å². The molecule has 1 aromatic carbocycles. The van der Waals surface area contributed by atoms with Crippen molar-refractivity contribution < 1.29 is 17.9 Å². The van der Waals surface area contributed by atoms with Crippen molar-refractivity contribution in [2.24, 2.45) is 0 Å². The van der Waals surface area contributed by atoms with Gasteiger partial charge in [-0.15, -0.1) is 0 Å². The van der Waals surface area contributed by atoms with Crippen molar-refractivity contribution in [3.05, 3.63) is 42.1 Å². The lowest BCUT2D eigenvalue weighted by Gasteiger charge is -2.07. The smallest absolute Gasteiger partial charge is 0.416 e. The number of rotatable bonds is 2. The second-order valence-corrected chi connectivity index (χ2v) is 3.39. The van der Waals surface area contributed by atoms with Crippen LogP contribution in [0.5, 0.6) is 11.8 Å². The average Bonchev–Trinajstić information content (AvgIpc) is 2.28. The molecule has 4 nitrogen and oxygen atoms in total. The van der Waals surface area contributed by atoms with Gasteiger partial charge in [0.15, 0.2) is 0 Å². The first kappa shape index (κ1) is 12.2. The van der Waals surface area contributed by atoms with Gasteiger partial charge in [0.25, 0.3) is 0 Å². The summed E-state index contributed by atoms with van der Waals surface area (Å²) < 4.78 is 42.1. The largest absolute Gasteiger partial charge is 0.424 e. The van der Waals surface area contributed by atoms with Crippen LogP contribution in [0, 0.1) is 0 Å². The van der Waals surface area contributed by atoms with E-state index < -0.39 is 11.7 Å². The van der Waals surface area contributed by atoms with Crippen molar-refractivity contribution in [1.82, 2.24) is 9.97 Å². The number of alkyl halides is 3. The fourth-order valence-corrected chi connectivity index (χ4v) is 1.22. The number of halogens is 3. The van der Waals surface area contributed by atoms with Gasteiger partial charge in [-0.25, -0.2) is 4.98 Å². The number of anilines is 1. The summed E-state index contributed by atoms with van der Waals surface area (Å²) in [6.07, 6.45) is -2.98. The van der Waals surface area contributed by atoms with E-state index >= 15 is 0 Å². The molecule has 0 fully saturated rings. The Morgan fingerprint density at radius 2 is 1.72 bits per heavy atom. The summed E-state index contributed by atoms with van der Waals surface area (Å²) in [5.41, 5.74) is 4.67. The Labute approximate surface area is 100 Å². The predicted molar refractivity (Wildman–Crippen MR) is 58.0 cm³/mol. The lowest BCUT2D eigenvalue weighted by atomic mass is 10.2. The predicted octanol–water partition coefficient (Wildman–Crippen LogP) is 2.87. The van der Waals surface area contributed by atoms with Gasteiger partial charge in [-0.05, 0) is 30.3 Å². The van der Waals surface area contributed by atoms with Crippen LogP contribution in [0.2, 0.25) is 0 Å². The summed E-state index contributed by atoms with van der Waals surface area (Å²) >= 11 is 0. The minimum atomic E-state index is -4.37. The Kier molecular flexibility index (Phi) is 3.05. The second-order valence-electron chi connectivity index (χ2n) is 3.39. The number of nitrogens with two attached hydrogens (primary N) is 1. The fraction of sp³-hybridized carbons (Fsp3) is 0.0909. The third-order valence-electron chi connectivity index (χ3n) is 2.05. The van der Waals surface area contributed by atoms with Gasteiger partial charge in [-0.3, -0.25) is 0 Å². The van der Waals surface area contributed by atoms with Gasteiger partial charge in [0, 0.05) is 6.20 Å². The zero-order valence-corrected chi connectivity index (χ0v) is 8.98. The first-order valence-electron chi connectivity index (χ1n) is 4.89. The summed E-state index contributed by atoms with van der Waals surface area (Å²) in [6, 6.07) is 5.67. The number of aromatic nitrogens is 2. The maximum absolute atomic E-state index is 12.3. The van der Waals surface area contributed by atoms with Crippen LogP contribution in [0.1, 0.15) is 5.56 Å². The summed E-state index contributed by atoms with van der Waals surface area (Å²) in [5, 5.41) is 0. The van der Waals surface area contributed by atoms with E-state index in [1.807, 2.05) is 0 Å². The topological polar surface area (TPSA) is 61.0 Å². The number of benzene rings is 1. The first-order valence-corrected chi connectivity index (χ1v) is 4.89. The zero-order chi connectivity index (χ0) is 13.2. The van der Waals surface area contributed by atoms with Crippen molar-refractivity contribution in [3.8, 4) is 11.8 Å². The van der Waals surface area contributed by atoms with E-state index in [2.05, 4.69) is 9.97 Å².